The first-order chi connectivity index (χ1) is 8.76. The van der Waals surface area contributed by atoms with E-state index in [1.165, 1.54) is 0 Å². The van der Waals surface area contributed by atoms with E-state index in [0.29, 0.717) is 5.92 Å². The summed E-state index contributed by atoms with van der Waals surface area (Å²) in [6.07, 6.45) is 0. The number of nitrogens with zero attached hydrogens (tertiary/aromatic N) is 3. The molecule has 0 aliphatic heterocycles. The van der Waals surface area contributed by atoms with E-state index in [-0.39, 0.29) is 5.54 Å². The first kappa shape index (κ1) is 15.7. The smallest absolute Gasteiger partial charge is 0.135 e. The van der Waals surface area contributed by atoms with Crippen molar-refractivity contribution in [2.45, 2.75) is 39.2 Å². The third-order valence-electron chi connectivity index (χ3n) is 3.43. The summed E-state index contributed by atoms with van der Waals surface area (Å²) in [4.78, 5) is 11.2. The molecule has 1 rings (SSSR count). The van der Waals surface area contributed by atoms with Crippen LogP contribution in [0.1, 0.15) is 39.4 Å². The lowest BCUT2D eigenvalue weighted by atomic mass is 10.0. The molecule has 0 aromatic carbocycles. The van der Waals surface area contributed by atoms with Crippen LogP contribution in [0.4, 0.5) is 11.6 Å². The van der Waals surface area contributed by atoms with Gasteiger partial charge in [-0.2, -0.15) is 0 Å². The Hall–Kier alpha value is -1.36. The van der Waals surface area contributed by atoms with Crippen LogP contribution in [0.5, 0.6) is 0 Å². The fraction of sp³-hybridized carbons (Fsp3) is 0.714. The van der Waals surface area contributed by atoms with Crippen molar-refractivity contribution in [3.63, 3.8) is 0 Å². The van der Waals surface area contributed by atoms with Gasteiger partial charge in [0.25, 0.3) is 0 Å². The van der Waals surface area contributed by atoms with Crippen LogP contribution in [-0.4, -0.2) is 48.1 Å². The molecule has 19 heavy (non-hydrogen) atoms. The highest BCUT2D eigenvalue weighted by Gasteiger charge is 2.20. The standard InChI is InChI=1S/C14H27N5/c1-10(2)13-17-11(15-5)8-12(18-13)16-9-14(3,4)19(6)7/h8,10H,9H2,1-7H3,(H2,15,16,17,18). The van der Waals surface area contributed by atoms with Crippen molar-refractivity contribution < 1.29 is 0 Å². The Labute approximate surface area is 116 Å². The molecular formula is C14H27N5. The molecule has 0 aliphatic carbocycles. The molecule has 1 aromatic rings. The second-order valence-corrected chi connectivity index (χ2v) is 5.96. The van der Waals surface area contributed by atoms with Crippen LogP contribution in [0.25, 0.3) is 0 Å². The van der Waals surface area contributed by atoms with Crippen LogP contribution < -0.4 is 10.6 Å². The summed E-state index contributed by atoms with van der Waals surface area (Å²) in [5.41, 5.74) is 0.0722. The van der Waals surface area contributed by atoms with Gasteiger partial charge in [-0.1, -0.05) is 13.8 Å². The highest BCUT2D eigenvalue weighted by Crippen LogP contribution is 2.18. The molecule has 0 radical (unpaired) electrons. The number of hydrogen-bond donors (Lipinski definition) is 2. The van der Waals surface area contributed by atoms with Crippen molar-refractivity contribution in [1.29, 1.82) is 0 Å². The fourth-order valence-corrected chi connectivity index (χ4v) is 1.41. The molecule has 0 bridgehead atoms. The second kappa shape index (κ2) is 6.19. The van der Waals surface area contributed by atoms with Gasteiger partial charge in [-0.05, 0) is 27.9 Å². The highest BCUT2D eigenvalue weighted by molar-refractivity contribution is 5.47. The maximum absolute atomic E-state index is 4.56. The van der Waals surface area contributed by atoms with E-state index in [1.807, 2.05) is 13.1 Å². The zero-order valence-electron chi connectivity index (χ0n) is 13.2. The largest absolute Gasteiger partial charge is 0.373 e. The lowest BCUT2D eigenvalue weighted by Crippen LogP contribution is -2.44. The van der Waals surface area contributed by atoms with Crippen LogP contribution in [0.3, 0.4) is 0 Å². The average molecular weight is 265 g/mol. The minimum Gasteiger partial charge on any atom is -0.373 e. The van der Waals surface area contributed by atoms with Gasteiger partial charge in [0.2, 0.25) is 0 Å². The van der Waals surface area contributed by atoms with Gasteiger partial charge in [0.15, 0.2) is 0 Å². The predicted octanol–water partition coefficient (Wildman–Crippen LogP) is 2.39. The Bertz CT molecular complexity index is 412. The monoisotopic (exact) mass is 265 g/mol. The van der Waals surface area contributed by atoms with Gasteiger partial charge in [0.05, 0.1) is 0 Å². The molecule has 0 fully saturated rings. The number of nitrogens with one attached hydrogen (secondary N) is 2. The fourth-order valence-electron chi connectivity index (χ4n) is 1.41. The van der Waals surface area contributed by atoms with Crippen molar-refractivity contribution in [3.8, 4) is 0 Å². The Kier molecular flexibility index (Phi) is 5.11. The summed E-state index contributed by atoms with van der Waals surface area (Å²) in [5, 5.41) is 6.48. The zero-order valence-corrected chi connectivity index (χ0v) is 13.2. The summed E-state index contributed by atoms with van der Waals surface area (Å²) >= 11 is 0. The molecule has 0 amide bonds. The average Bonchev–Trinajstić information content (AvgIpc) is 2.35. The lowest BCUT2D eigenvalue weighted by molar-refractivity contribution is 0.210. The molecule has 0 atom stereocenters. The van der Waals surface area contributed by atoms with Gasteiger partial charge >= 0.3 is 0 Å². The SMILES string of the molecule is CNc1cc(NCC(C)(C)N(C)C)nc(C(C)C)n1. The van der Waals surface area contributed by atoms with Crippen molar-refractivity contribution >= 4 is 11.6 Å². The van der Waals surface area contributed by atoms with E-state index in [2.05, 4.69) is 67.3 Å². The molecule has 1 aromatic heterocycles. The molecule has 0 spiro atoms. The van der Waals surface area contributed by atoms with E-state index < -0.39 is 0 Å². The first-order valence-corrected chi connectivity index (χ1v) is 6.74. The molecule has 5 heteroatoms. The first-order valence-electron chi connectivity index (χ1n) is 6.74. The molecule has 0 saturated heterocycles. The second-order valence-electron chi connectivity index (χ2n) is 5.96. The minimum absolute atomic E-state index is 0.0722. The molecule has 5 nitrogen and oxygen atoms in total. The quantitative estimate of drug-likeness (QED) is 0.827. The van der Waals surface area contributed by atoms with Gasteiger partial charge in [0.1, 0.15) is 17.5 Å². The number of rotatable bonds is 6. The molecule has 0 aliphatic rings. The van der Waals surface area contributed by atoms with Gasteiger partial charge in [0, 0.05) is 31.1 Å². The van der Waals surface area contributed by atoms with E-state index in [0.717, 1.165) is 24.0 Å². The maximum atomic E-state index is 4.56. The van der Waals surface area contributed by atoms with Crippen LogP contribution in [0.2, 0.25) is 0 Å². The van der Waals surface area contributed by atoms with Crippen molar-refractivity contribution in [2.24, 2.45) is 0 Å². The van der Waals surface area contributed by atoms with Gasteiger partial charge in [-0.25, -0.2) is 9.97 Å². The molecule has 0 saturated carbocycles. The highest BCUT2D eigenvalue weighted by atomic mass is 15.2. The summed E-state index contributed by atoms with van der Waals surface area (Å²) in [6, 6.07) is 1.94. The van der Waals surface area contributed by atoms with Gasteiger partial charge < -0.3 is 15.5 Å². The van der Waals surface area contributed by atoms with Gasteiger partial charge in [-0.15, -0.1) is 0 Å². The van der Waals surface area contributed by atoms with Crippen LogP contribution in [0, 0.1) is 0 Å². The Morgan fingerprint density at radius 3 is 2.26 bits per heavy atom. The van der Waals surface area contributed by atoms with E-state index >= 15 is 0 Å². The molecular weight excluding hydrogens is 238 g/mol. The summed E-state index contributed by atoms with van der Waals surface area (Å²) in [7, 11) is 6.04. The summed E-state index contributed by atoms with van der Waals surface area (Å²) in [5.74, 6) is 2.90. The zero-order chi connectivity index (χ0) is 14.6. The van der Waals surface area contributed by atoms with E-state index in [9.17, 15) is 0 Å². The van der Waals surface area contributed by atoms with Crippen molar-refractivity contribution in [1.82, 2.24) is 14.9 Å². The third-order valence-corrected chi connectivity index (χ3v) is 3.43. The molecule has 1 heterocycles. The number of anilines is 2. The number of hydrogen-bond acceptors (Lipinski definition) is 5. The normalized spacial score (nSPS) is 12.1. The number of likely N-dealkylation sites (N-methyl/N-ethyl adjacent to an activating group) is 1. The summed E-state index contributed by atoms with van der Waals surface area (Å²) in [6.45, 7) is 9.43. The van der Waals surface area contributed by atoms with Crippen LogP contribution in [0.15, 0.2) is 6.07 Å². The van der Waals surface area contributed by atoms with Crippen molar-refractivity contribution in [3.05, 3.63) is 11.9 Å². The Balaban J connectivity index is 2.86. The third kappa shape index (κ3) is 4.35. The topological polar surface area (TPSA) is 53.1 Å². The number of aromatic nitrogens is 2. The minimum atomic E-state index is 0.0722. The predicted molar refractivity (Wildman–Crippen MR) is 81.9 cm³/mol. The molecule has 2 N–H and O–H groups in total. The molecule has 108 valence electrons. The molecule has 0 unspecified atom stereocenters. The van der Waals surface area contributed by atoms with Crippen LogP contribution >= 0.6 is 0 Å². The van der Waals surface area contributed by atoms with Crippen LogP contribution in [-0.2, 0) is 0 Å². The van der Waals surface area contributed by atoms with Crippen molar-refractivity contribution in [2.75, 3.05) is 38.3 Å². The lowest BCUT2D eigenvalue weighted by Gasteiger charge is -2.32. The van der Waals surface area contributed by atoms with E-state index in [1.54, 1.807) is 0 Å². The summed E-state index contributed by atoms with van der Waals surface area (Å²) < 4.78 is 0. The Morgan fingerprint density at radius 2 is 1.79 bits per heavy atom. The van der Waals surface area contributed by atoms with Gasteiger partial charge in [-0.3, -0.25) is 0 Å². The Morgan fingerprint density at radius 1 is 1.21 bits per heavy atom. The maximum Gasteiger partial charge on any atom is 0.135 e. The van der Waals surface area contributed by atoms with E-state index in [4.69, 9.17) is 0 Å².